The number of nitrogens with zero attached hydrogens (tertiary/aromatic N) is 2. The minimum Gasteiger partial charge on any atom is -0.354 e. The van der Waals surface area contributed by atoms with Crippen molar-refractivity contribution in [2.75, 3.05) is 10.6 Å². The summed E-state index contributed by atoms with van der Waals surface area (Å²) in [5.74, 6) is -0.212. The molecule has 1 amide bonds. The predicted octanol–water partition coefficient (Wildman–Crippen LogP) is 6.87. The molecule has 0 spiro atoms. The Kier molecular flexibility index (Phi) is 5.91. The first kappa shape index (κ1) is 20.6. The smallest absolute Gasteiger partial charge is 0.268 e. The Balaban J connectivity index is 1.50. The van der Waals surface area contributed by atoms with Crippen LogP contribution in [0, 0.1) is 0 Å². The number of benzene rings is 3. The highest BCUT2D eigenvalue weighted by Crippen LogP contribution is 2.34. The summed E-state index contributed by atoms with van der Waals surface area (Å²) in [6.07, 6.45) is 1.73. The third kappa shape index (κ3) is 4.66. The van der Waals surface area contributed by atoms with Crippen LogP contribution in [0.25, 0.3) is 22.0 Å². The lowest BCUT2D eigenvalue weighted by Gasteiger charge is -2.13. The van der Waals surface area contributed by atoms with Crippen molar-refractivity contribution in [2.24, 2.45) is 0 Å². The summed E-state index contributed by atoms with van der Waals surface area (Å²) in [7, 11) is 0. The van der Waals surface area contributed by atoms with E-state index >= 15 is 0 Å². The maximum Gasteiger partial charge on any atom is 0.268 e. The number of hydrogen-bond acceptors (Lipinski definition) is 5. The molecule has 160 valence electrons. The van der Waals surface area contributed by atoms with Crippen LogP contribution in [0.4, 0.5) is 17.1 Å². The third-order valence-electron chi connectivity index (χ3n) is 4.99. The minimum absolute atomic E-state index is 0.212. The standard InChI is InChI=1S/C27H20N4OS/c32-26(30-22-16-8-7-15-21(22)29-20-13-5-2-6-14-20)25-24(19-11-3-1-4-12-19)31-27(33-25)23-17-9-10-18-28-23/h1-18,29H,(H,30,32). The summed E-state index contributed by atoms with van der Waals surface area (Å²) in [5, 5.41) is 7.14. The van der Waals surface area contributed by atoms with Crippen LogP contribution >= 0.6 is 11.3 Å². The van der Waals surface area contributed by atoms with Crippen molar-refractivity contribution in [3.63, 3.8) is 0 Å². The van der Waals surface area contributed by atoms with Gasteiger partial charge in [0, 0.05) is 17.4 Å². The molecule has 0 bridgehead atoms. The second-order valence-corrected chi connectivity index (χ2v) is 8.27. The Morgan fingerprint density at radius 2 is 1.39 bits per heavy atom. The molecule has 5 aromatic rings. The lowest BCUT2D eigenvalue weighted by Crippen LogP contribution is -2.12. The maximum absolute atomic E-state index is 13.5. The largest absolute Gasteiger partial charge is 0.354 e. The van der Waals surface area contributed by atoms with E-state index in [-0.39, 0.29) is 5.91 Å². The summed E-state index contributed by atoms with van der Waals surface area (Å²) in [6.45, 7) is 0. The van der Waals surface area contributed by atoms with Crippen molar-refractivity contribution in [3.8, 4) is 22.0 Å². The van der Waals surface area contributed by atoms with Gasteiger partial charge in [0.05, 0.1) is 22.8 Å². The van der Waals surface area contributed by atoms with Crippen LogP contribution in [0.5, 0.6) is 0 Å². The highest BCUT2D eigenvalue weighted by Gasteiger charge is 2.21. The molecule has 0 aliphatic heterocycles. The number of rotatable bonds is 6. The highest BCUT2D eigenvalue weighted by molar-refractivity contribution is 7.17. The van der Waals surface area contributed by atoms with E-state index in [0.717, 1.165) is 22.6 Å². The van der Waals surface area contributed by atoms with Gasteiger partial charge < -0.3 is 10.6 Å². The highest BCUT2D eigenvalue weighted by atomic mass is 32.1. The number of pyridine rings is 1. The molecule has 3 aromatic carbocycles. The molecular formula is C27H20N4OS. The van der Waals surface area contributed by atoms with Crippen molar-refractivity contribution in [1.29, 1.82) is 0 Å². The van der Waals surface area contributed by atoms with Gasteiger partial charge in [-0.05, 0) is 36.4 Å². The molecule has 0 unspecified atom stereocenters. The zero-order valence-electron chi connectivity index (χ0n) is 17.6. The first-order chi connectivity index (χ1) is 16.3. The van der Waals surface area contributed by atoms with Gasteiger partial charge in [0.15, 0.2) is 0 Å². The number of anilines is 3. The SMILES string of the molecule is O=C(Nc1ccccc1Nc1ccccc1)c1sc(-c2ccccn2)nc1-c1ccccc1. The van der Waals surface area contributed by atoms with E-state index in [4.69, 9.17) is 4.98 Å². The van der Waals surface area contributed by atoms with Crippen LogP contribution in [0.2, 0.25) is 0 Å². The quantitative estimate of drug-likeness (QED) is 0.297. The normalized spacial score (nSPS) is 10.5. The Hall–Kier alpha value is -4.29. The maximum atomic E-state index is 13.5. The average molecular weight is 449 g/mol. The molecule has 2 aromatic heterocycles. The van der Waals surface area contributed by atoms with Gasteiger partial charge >= 0.3 is 0 Å². The summed E-state index contributed by atoms with van der Waals surface area (Å²) in [5.41, 5.74) is 4.72. The van der Waals surface area contributed by atoms with Gasteiger partial charge in [0.25, 0.3) is 5.91 Å². The van der Waals surface area contributed by atoms with Crippen molar-refractivity contribution < 1.29 is 4.79 Å². The Labute approximate surface area is 195 Å². The van der Waals surface area contributed by atoms with Crippen molar-refractivity contribution in [3.05, 3.63) is 114 Å². The van der Waals surface area contributed by atoms with Gasteiger partial charge in [-0.3, -0.25) is 9.78 Å². The van der Waals surface area contributed by atoms with Gasteiger partial charge in [-0.15, -0.1) is 11.3 Å². The molecule has 33 heavy (non-hydrogen) atoms. The summed E-state index contributed by atoms with van der Waals surface area (Å²) >= 11 is 1.34. The minimum atomic E-state index is -0.212. The van der Waals surface area contributed by atoms with Crippen molar-refractivity contribution in [2.45, 2.75) is 0 Å². The van der Waals surface area contributed by atoms with E-state index in [1.165, 1.54) is 11.3 Å². The van der Waals surface area contributed by atoms with Crippen molar-refractivity contribution in [1.82, 2.24) is 9.97 Å². The summed E-state index contributed by atoms with van der Waals surface area (Å²) in [4.78, 5) is 23.2. The fraction of sp³-hybridized carbons (Fsp3) is 0. The molecule has 0 radical (unpaired) electrons. The molecule has 0 fully saturated rings. The fourth-order valence-electron chi connectivity index (χ4n) is 3.42. The molecule has 2 heterocycles. The molecule has 0 saturated carbocycles. The first-order valence-corrected chi connectivity index (χ1v) is 11.3. The van der Waals surface area contributed by atoms with E-state index in [0.29, 0.717) is 21.3 Å². The summed E-state index contributed by atoms with van der Waals surface area (Å²) < 4.78 is 0. The van der Waals surface area contributed by atoms with Crippen LogP contribution in [-0.4, -0.2) is 15.9 Å². The number of carbonyl (C=O) groups excluding carboxylic acids is 1. The number of aromatic nitrogens is 2. The van der Waals surface area contributed by atoms with E-state index in [1.807, 2.05) is 103 Å². The van der Waals surface area contributed by atoms with E-state index in [9.17, 15) is 4.79 Å². The Morgan fingerprint density at radius 3 is 2.12 bits per heavy atom. The molecule has 0 aliphatic carbocycles. The number of nitrogens with one attached hydrogen (secondary N) is 2. The van der Waals surface area contributed by atoms with Crippen LogP contribution in [0.1, 0.15) is 9.67 Å². The molecule has 0 aliphatic rings. The van der Waals surface area contributed by atoms with Crippen LogP contribution in [0.15, 0.2) is 109 Å². The molecule has 5 nitrogen and oxygen atoms in total. The lowest BCUT2D eigenvalue weighted by molar-refractivity contribution is 0.103. The number of carbonyl (C=O) groups is 1. The first-order valence-electron chi connectivity index (χ1n) is 10.5. The zero-order valence-corrected chi connectivity index (χ0v) is 18.4. The average Bonchev–Trinajstić information content (AvgIpc) is 3.33. The van der Waals surface area contributed by atoms with Crippen molar-refractivity contribution >= 4 is 34.3 Å². The Morgan fingerprint density at radius 1 is 0.727 bits per heavy atom. The molecular weight excluding hydrogens is 428 g/mol. The van der Waals surface area contributed by atoms with Gasteiger partial charge in [-0.2, -0.15) is 0 Å². The molecule has 5 rings (SSSR count). The second kappa shape index (κ2) is 9.46. The molecule has 6 heteroatoms. The molecule has 0 saturated heterocycles. The molecule has 2 N–H and O–H groups in total. The number of para-hydroxylation sites is 3. The second-order valence-electron chi connectivity index (χ2n) is 7.27. The molecule has 0 atom stereocenters. The number of hydrogen-bond donors (Lipinski definition) is 2. The van der Waals surface area contributed by atoms with Crippen LogP contribution in [0.3, 0.4) is 0 Å². The number of thiazole rings is 1. The predicted molar refractivity (Wildman–Crippen MR) is 135 cm³/mol. The zero-order chi connectivity index (χ0) is 22.5. The van der Waals surface area contributed by atoms with E-state index in [1.54, 1.807) is 6.20 Å². The van der Waals surface area contributed by atoms with Gasteiger partial charge in [-0.25, -0.2) is 4.98 Å². The Bertz CT molecular complexity index is 1370. The lowest BCUT2D eigenvalue weighted by atomic mass is 10.1. The number of amides is 1. The topological polar surface area (TPSA) is 66.9 Å². The fourth-order valence-corrected chi connectivity index (χ4v) is 4.38. The van der Waals surface area contributed by atoms with E-state index in [2.05, 4.69) is 15.6 Å². The van der Waals surface area contributed by atoms with Gasteiger partial charge in [-0.1, -0.05) is 66.7 Å². The summed E-state index contributed by atoms with van der Waals surface area (Å²) in [6, 6.07) is 32.9. The van der Waals surface area contributed by atoms with E-state index < -0.39 is 0 Å². The van der Waals surface area contributed by atoms with Crippen LogP contribution < -0.4 is 10.6 Å². The van der Waals surface area contributed by atoms with Gasteiger partial charge in [0.2, 0.25) is 0 Å². The monoisotopic (exact) mass is 448 g/mol. The van der Waals surface area contributed by atoms with Gasteiger partial charge in [0.1, 0.15) is 9.88 Å². The third-order valence-corrected chi connectivity index (χ3v) is 6.07. The van der Waals surface area contributed by atoms with Crippen LogP contribution in [-0.2, 0) is 0 Å².